The highest BCUT2D eigenvalue weighted by molar-refractivity contribution is 7.90. The van der Waals surface area contributed by atoms with Crippen LogP contribution in [0.4, 0.5) is 0 Å². The Labute approximate surface area is 122 Å². The van der Waals surface area contributed by atoms with Gasteiger partial charge in [-0.2, -0.15) is 0 Å². The molecule has 7 heteroatoms. The average Bonchev–Trinajstić information content (AvgIpc) is 2.38. The Bertz CT molecular complexity index is 675. The number of carbonyl (C=O) groups excluding carboxylic acids is 3. The van der Waals surface area contributed by atoms with Crippen molar-refractivity contribution in [2.24, 2.45) is 5.92 Å². The van der Waals surface area contributed by atoms with E-state index in [2.05, 4.69) is 0 Å². The van der Waals surface area contributed by atoms with Crippen LogP contribution in [0.5, 0.6) is 0 Å². The Morgan fingerprint density at radius 2 is 1.62 bits per heavy atom. The van der Waals surface area contributed by atoms with Gasteiger partial charge >= 0.3 is 0 Å². The van der Waals surface area contributed by atoms with Crippen molar-refractivity contribution in [2.45, 2.75) is 31.1 Å². The molecule has 6 nitrogen and oxygen atoms in total. The normalized spacial score (nSPS) is 16.8. The van der Waals surface area contributed by atoms with Gasteiger partial charge in [0, 0.05) is 12.8 Å². The maximum Gasteiger partial charge on any atom is 0.264 e. The Morgan fingerprint density at radius 3 is 2.14 bits per heavy atom. The minimum Gasteiger partial charge on any atom is -0.298 e. The third-order valence-corrected chi connectivity index (χ3v) is 4.68. The molecule has 0 atom stereocenters. The van der Waals surface area contributed by atoms with Gasteiger partial charge in [-0.3, -0.25) is 14.4 Å². The summed E-state index contributed by atoms with van der Waals surface area (Å²) in [5, 5.41) is 0. The molecule has 0 unspecified atom stereocenters. The predicted octanol–water partition coefficient (Wildman–Crippen LogP) is 0.738. The van der Waals surface area contributed by atoms with Crippen molar-refractivity contribution in [3.05, 3.63) is 29.8 Å². The number of ketones is 2. The summed E-state index contributed by atoms with van der Waals surface area (Å²) >= 11 is 0. The third kappa shape index (κ3) is 3.36. The van der Waals surface area contributed by atoms with Crippen LogP contribution in [0.2, 0.25) is 0 Å². The summed E-state index contributed by atoms with van der Waals surface area (Å²) in [6.07, 6.45) is 0.648. The lowest BCUT2D eigenvalue weighted by atomic mass is 9.86. The van der Waals surface area contributed by atoms with Crippen molar-refractivity contribution in [2.75, 3.05) is 0 Å². The van der Waals surface area contributed by atoms with Crippen molar-refractivity contribution in [3.63, 3.8) is 0 Å². The van der Waals surface area contributed by atoms with E-state index in [9.17, 15) is 22.8 Å². The van der Waals surface area contributed by atoms with Gasteiger partial charge in [0.05, 0.1) is 4.90 Å². The van der Waals surface area contributed by atoms with Crippen LogP contribution in [0.3, 0.4) is 0 Å². The highest BCUT2D eigenvalue weighted by Gasteiger charge is 2.37. The predicted molar refractivity (Wildman–Crippen MR) is 73.9 cm³/mol. The van der Waals surface area contributed by atoms with E-state index in [1.807, 2.05) is 4.72 Å². The van der Waals surface area contributed by atoms with E-state index in [0.717, 1.165) is 5.56 Å². The third-order valence-electron chi connectivity index (χ3n) is 3.32. The first kappa shape index (κ1) is 15.4. The van der Waals surface area contributed by atoms with E-state index in [-0.39, 0.29) is 17.7 Å². The summed E-state index contributed by atoms with van der Waals surface area (Å²) in [5.41, 5.74) is 0.873. The van der Waals surface area contributed by atoms with Crippen LogP contribution >= 0.6 is 0 Å². The lowest BCUT2D eigenvalue weighted by Crippen LogP contribution is -2.44. The molecule has 1 aromatic carbocycles. The smallest absolute Gasteiger partial charge is 0.264 e. The van der Waals surface area contributed by atoms with Gasteiger partial charge in [-0.05, 0) is 25.5 Å². The summed E-state index contributed by atoms with van der Waals surface area (Å²) in [6, 6.07) is 5.90. The number of rotatable bonds is 3. The van der Waals surface area contributed by atoms with Crippen LogP contribution in [0, 0.1) is 12.8 Å². The molecule has 21 heavy (non-hydrogen) atoms. The highest BCUT2D eigenvalue weighted by Crippen LogP contribution is 2.18. The summed E-state index contributed by atoms with van der Waals surface area (Å²) in [6.45, 7) is 1.80. The van der Waals surface area contributed by atoms with Crippen molar-refractivity contribution in [3.8, 4) is 0 Å². The van der Waals surface area contributed by atoms with E-state index in [1.54, 1.807) is 19.1 Å². The molecule has 1 aliphatic carbocycles. The van der Waals surface area contributed by atoms with Crippen LogP contribution in [-0.2, 0) is 24.4 Å². The largest absolute Gasteiger partial charge is 0.298 e. The number of sulfonamides is 1. The Hall–Kier alpha value is -2.02. The number of nitrogens with one attached hydrogen (secondary N) is 1. The molecule has 0 aromatic heterocycles. The molecule has 0 heterocycles. The number of Topliss-reactive ketones (excluding diaryl/α,β-unsaturated/α-hetero) is 2. The fraction of sp³-hybridized carbons (Fsp3) is 0.357. The fourth-order valence-corrected chi connectivity index (χ4v) is 3.16. The number of benzene rings is 1. The maximum absolute atomic E-state index is 12.1. The standard InChI is InChI=1S/C14H15NO5S/c1-9-5-7-10(8-6-9)21(19,20)15-14(18)13-11(16)3-2-4-12(13)17/h5-8,13H,2-4H2,1H3,(H,15,18). The molecule has 1 amide bonds. The zero-order valence-corrected chi connectivity index (χ0v) is 12.3. The van der Waals surface area contributed by atoms with E-state index < -0.39 is 33.4 Å². The van der Waals surface area contributed by atoms with Crippen molar-refractivity contribution in [1.82, 2.24) is 4.72 Å². The van der Waals surface area contributed by atoms with E-state index in [0.29, 0.717) is 6.42 Å². The molecular formula is C14H15NO5S. The Kier molecular flexibility index (Phi) is 4.22. The van der Waals surface area contributed by atoms with Crippen molar-refractivity contribution < 1.29 is 22.8 Å². The molecule has 1 N–H and O–H groups in total. The quantitative estimate of drug-likeness (QED) is 0.830. The highest BCUT2D eigenvalue weighted by atomic mass is 32.2. The second-order valence-electron chi connectivity index (χ2n) is 5.00. The Balaban J connectivity index is 2.20. The lowest BCUT2D eigenvalue weighted by Gasteiger charge is -2.18. The molecular weight excluding hydrogens is 294 g/mol. The molecule has 0 saturated heterocycles. The van der Waals surface area contributed by atoms with Gasteiger partial charge in [-0.1, -0.05) is 17.7 Å². The van der Waals surface area contributed by atoms with Gasteiger partial charge in [-0.15, -0.1) is 0 Å². The molecule has 1 fully saturated rings. The maximum atomic E-state index is 12.1. The molecule has 0 bridgehead atoms. The Morgan fingerprint density at radius 1 is 1.10 bits per heavy atom. The molecule has 112 valence electrons. The fourth-order valence-electron chi connectivity index (χ4n) is 2.17. The minimum absolute atomic E-state index is 0.0860. The van der Waals surface area contributed by atoms with Crippen molar-refractivity contribution in [1.29, 1.82) is 0 Å². The minimum atomic E-state index is -4.08. The number of hydrogen-bond acceptors (Lipinski definition) is 5. The SMILES string of the molecule is Cc1ccc(S(=O)(=O)NC(=O)C2C(=O)CCCC2=O)cc1. The van der Waals surface area contributed by atoms with Gasteiger partial charge in [0.2, 0.25) is 0 Å². The summed E-state index contributed by atoms with van der Waals surface area (Å²) in [7, 11) is -4.08. The molecule has 1 saturated carbocycles. The van der Waals surface area contributed by atoms with Crippen LogP contribution in [0.25, 0.3) is 0 Å². The average molecular weight is 309 g/mol. The van der Waals surface area contributed by atoms with Gasteiger partial charge in [0.15, 0.2) is 17.5 Å². The van der Waals surface area contributed by atoms with Crippen LogP contribution in [0.1, 0.15) is 24.8 Å². The zero-order chi connectivity index (χ0) is 15.6. The summed E-state index contributed by atoms with van der Waals surface area (Å²) in [5.74, 6) is -3.62. The first-order valence-electron chi connectivity index (χ1n) is 6.50. The molecule has 0 radical (unpaired) electrons. The van der Waals surface area contributed by atoms with Crippen LogP contribution in [-0.4, -0.2) is 25.9 Å². The van der Waals surface area contributed by atoms with Gasteiger partial charge in [0.25, 0.3) is 15.9 Å². The van der Waals surface area contributed by atoms with Crippen molar-refractivity contribution >= 4 is 27.5 Å². The summed E-state index contributed by atoms with van der Waals surface area (Å²) < 4.78 is 25.9. The second kappa shape index (κ2) is 5.77. The first-order chi connectivity index (χ1) is 9.81. The van der Waals surface area contributed by atoms with Gasteiger partial charge in [-0.25, -0.2) is 13.1 Å². The second-order valence-corrected chi connectivity index (χ2v) is 6.68. The molecule has 2 rings (SSSR count). The number of aryl methyl sites for hydroxylation is 1. The van der Waals surface area contributed by atoms with E-state index >= 15 is 0 Å². The number of hydrogen-bond donors (Lipinski definition) is 1. The molecule has 1 aliphatic rings. The van der Waals surface area contributed by atoms with Gasteiger partial charge in [0.1, 0.15) is 0 Å². The zero-order valence-electron chi connectivity index (χ0n) is 11.5. The number of amides is 1. The topological polar surface area (TPSA) is 97.4 Å². The molecule has 0 spiro atoms. The van der Waals surface area contributed by atoms with E-state index in [4.69, 9.17) is 0 Å². The van der Waals surface area contributed by atoms with E-state index in [1.165, 1.54) is 12.1 Å². The van der Waals surface area contributed by atoms with Gasteiger partial charge < -0.3 is 0 Å². The van der Waals surface area contributed by atoms with Crippen LogP contribution in [0.15, 0.2) is 29.2 Å². The summed E-state index contributed by atoms with van der Waals surface area (Å²) in [4.78, 5) is 35.1. The van der Waals surface area contributed by atoms with Crippen LogP contribution < -0.4 is 4.72 Å². The number of carbonyl (C=O) groups is 3. The molecule has 1 aromatic rings. The first-order valence-corrected chi connectivity index (χ1v) is 7.98. The monoisotopic (exact) mass is 309 g/mol. The molecule has 0 aliphatic heterocycles. The lowest BCUT2D eigenvalue weighted by molar-refractivity contribution is -0.142.